The van der Waals surface area contributed by atoms with Crippen molar-refractivity contribution in [3.05, 3.63) is 57.2 Å². The van der Waals surface area contributed by atoms with Crippen LogP contribution in [-0.4, -0.2) is 15.8 Å². The Morgan fingerprint density at radius 2 is 2.04 bits per heavy atom. The van der Waals surface area contributed by atoms with Gasteiger partial charge in [0.05, 0.1) is 23.3 Å². The number of carbonyl (C=O) groups is 1. The molecule has 0 amide bonds. The molecule has 2 aromatic heterocycles. The van der Waals surface area contributed by atoms with Crippen molar-refractivity contribution < 1.29 is 4.79 Å². The fourth-order valence-corrected chi connectivity index (χ4v) is 5.41. The summed E-state index contributed by atoms with van der Waals surface area (Å²) in [7, 11) is 0. The zero-order chi connectivity index (χ0) is 18.1. The predicted molar refractivity (Wildman–Crippen MR) is 106 cm³/mol. The molecule has 1 unspecified atom stereocenters. The summed E-state index contributed by atoms with van der Waals surface area (Å²) in [5, 5.41) is 3.58. The molecule has 1 atom stereocenters. The molecule has 0 radical (unpaired) electrons. The van der Waals surface area contributed by atoms with Crippen LogP contribution in [0.4, 0.5) is 5.69 Å². The van der Waals surface area contributed by atoms with Crippen LogP contribution in [0.3, 0.4) is 0 Å². The number of hydrogen-bond acceptors (Lipinski definition) is 4. The summed E-state index contributed by atoms with van der Waals surface area (Å²) in [5.74, 6) is 0.230. The van der Waals surface area contributed by atoms with Gasteiger partial charge < -0.3 is 10.3 Å². The molecule has 0 saturated heterocycles. The van der Waals surface area contributed by atoms with Gasteiger partial charge in [-0.3, -0.25) is 4.79 Å². The predicted octanol–water partition coefficient (Wildman–Crippen LogP) is 5.13. The summed E-state index contributed by atoms with van der Waals surface area (Å²) in [4.78, 5) is 23.5. The molecule has 1 aromatic carbocycles. The minimum atomic E-state index is -0.0319. The Hall–Kier alpha value is -2.40. The number of H-pyrrole nitrogens is 1. The summed E-state index contributed by atoms with van der Waals surface area (Å²) < 4.78 is 0. The highest BCUT2D eigenvalue weighted by molar-refractivity contribution is 7.12. The van der Waals surface area contributed by atoms with Gasteiger partial charge in [0.2, 0.25) is 0 Å². The monoisotopic (exact) mass is 363 g/mol. The maximum atomic E-state index is 13.2. The molecule has 1 aliphatic carbocycles. The van der Waals surface area contributed by atoms with Crippen molar-refractivity contribution in [1.82, 2.24) is 9.97 Å². The van der Waals surface area contributed by atoms with Gasteiger partial charge in [0.1, 0.15) is 0 Å². The van der Waals surface area contributed by atoms with Crippen LogP contribution in [0.15, 0.2) is 41.9 Å². The maximum Gasteiger partial charge on any atom is 0.162 e. The number of aromatic nitrogens is 2. The molecular formula is C21H21N3OS. The zero-order valence-corrected chi connectivity index (χ0v) is 16.0. The SMILES string of the molecule is Cc1ccc(C2C3=C(CC(C)(C)CC3=O)Nc3ccc4[nH]cnc4c32)s1. The highest BCUT2D eigenvalue weighted by Crippen LogP contribution is 2.51. The van der Waals surface area contributed by atoms with Gasteiger partial charge in [0, 0.05) is 38.7 Å². The molecule has 2 aliphatic rings. The number of carbonyl (C=O) groups excluding carboxylic acids is 1. The van der Waals surface area contributed by atoms with E-state index in [1.54, 1.807) is 17.7 Å². The van der Waals surface area contributed by atoms with Crippen LogP contribution in [0.25, 0.3) is 11.0 Å². The van der Waals surface area contributed by atoms with Crippen molar-refractivity contribution in [3.63, 3.8) is 0 Å². The topological polar surface area (TPSA) is 57.8 Å². The molecule has 0 saturated carbocycles. The molecule has 5 heteroatoms. The lowest BCUT2D eigenvalue weighted by Crippen LogP contribution is -2.33. The number of hydrogen-bond donors (Lipinski definition) is 2. The van der Waals surface area contributed by atoms with E-state index in [0.29, 0.717) is 6.42 Å². The van der Waals surface area contributed by atoms with E-state index in [4.69, 9.17) is 0 Å². The van der Waals surface area contributed by atoms with Gasteiger partial charge in [-0.25, -0.2) is 4.98 Å². The lowest BCUT2D eigenvalue weighted by molar-refractivity contribution is -0.118. The number of aryl methyl sites for hydroxylation is 1. The number of fused-ring (bicyclic) bond motifs is 3. The average molecular weight is 363 g/mol. The number of ketones is 1. The molecule has 3 aromatic rings. The van der Waals surface area contributed by atoms with Crippen molar-refractivity contribution in [1.29, 1.82) is 0 Å². The number of imidazole rings is 1. The Labute approximate surface area is 156 Å². The molecule has 3 heterocycles. The van der Waals surface area contributed by atoms with Gasteiger partial charge in [-0.15, -0.1) is 11.3 Å². The number of rotatable bonds is 1. The van der Waals surface area contributed by atoms with Crippen molar-refractivity contribution in [3.8, 4) is 0 Å². The third-order valence-corrected chi connectivity index (χ3v) is 6.52. The fraction of sp³-hybridized carbons (Fsp3) is 0.333. The summed E-state index contributed by atoms with van der Waals surface area (Å²) in [6.45, 7) is 6.46. The van der Waals surface area contributed by atoms with Crippen LogP contribution in [0, 0.1) is 12.3 Å². The van der Waals surface area contributed by atoms with Crippen molar-refractivity contribution in [2.45, 2.75) is 39.5 Å². The van der Waals surface area contributed by atoms with E-state index < -0.39 is 0 Å². The molecule has 1 aliphatic heterocycles. The summed E-state index contributed by atoms with van der Waals surface area (Å²) in [6.07, 6.45) is 3.23. The lowest BCUT2D eigenvalue weighted by atomic mass is 9.70. The van der Waals surface area contributed by atoms with Crippen LogP contribution < -0.4 is 5.32 Å². The van der Waals surface area contributed by atoms with Crippen LogP contribution in [0.1, 0.15) is 47.9 Å². The third-order valence-electron chi connectivity index (χ3n) is 5.46. The standard InChI is InChI=1S/C21H21N3OS/c1-11-4-7-16(26-11)19-17-14(8-21(2,3)9-15(17)25)24-12-5-6-13-20(18(12)19)23-10-22-13/h4-7,10,19,24H,8-9H2,1-3H3,(H,22,23). The largest absolute Gasteiger partial charge is 0.358 e. The summed E-state index contributed by atoms with van der Waals surface area (Å²) >= 11 is 1.77. The third kappa shape index (κ3) is 2.27. The number of nitrogens with one attached hydrogen (secondary N) is 2. The lowest BCUT2D eigenvalue weighted by Gasteiger charge is -2.39. The van der Waals surface area contributed by atoms with E-state index in [0.717, 1.165) is 40.0 Å². The van der Waals surface area contributed by atoms with Crippen molar-refractivity contribution >= 4 is 33.8 Å². The number of nitrogens with zero attached hydrogens (tertiary/aromatic N) is 1. The van der Waals surface area contributed by atoms with Crippen LogP contribution in [0.5, 0.6) is 0 Å². The highest BCUT2D eigenvalue weighted by Gasteiger charge is 2.41. The normalized spacial score (nSPS) is 21.5. The Morgan fingerprint density at radius 1 is 1.19 bits per heavy atom. The zero-order valence-electron chi connectivity index (χ0n) is 15.1. The first-order valence-electron chi connectivity index (χ1n) is 8.98. The van der Waals surface area contributed by atoms with E-state index in [1.165, 1.54) is 9.75 Å². The minimum absolute atomic E-state index is 0.00717. The van der Waals surface area contributed by atoms with Gasteiger partial charge in [-0.1, -0.05) is 13.8 Å². The van der Waals surface area contributed by atoms with E-state index in [1.807, 2.05) is 0 Å². The summed E-state index contributed by atoms with van der Waals surface area (Å²) in [5.41, 5.74) is 6.18. The molecule has 4 nitrogen and oxygen atoms in total. The van der Waals surface area contributed by atoms with Gasteiger partial charge in [-0.2, -0.15) is 0 Å². The first-order chi connectivity index (χ1) is 12.4. The van der Waals surface area contributed by atoms with Gasteiger partial charge in [0.15, 0.2) is 5.78 Å². The van der Waals surface area contributed by atoms with Crippen LogP contribution in [-0.2, 0) is 4.79 Å². The maximum absolute atomic E-state index is 13.2. The van der Waals surface area contributed by atoms with E-state index in [9.17, 15) is 4.79 Å². The van der Waals surface area contributed by atoms with E-state index in [-0.39, 0.29) is 17.1 Å². The molecule has 0 bridgehead atoms. The fourth-order valence-electron chi connectivity index (χ4n) is 4.41. The summed E-state index contributed by atoms with van der Waals surface area (Å²) in [6, 6.07) is 8.48. The second-order valence-electron chi connectivity index (χ2n) is 8.17. The first kappa shape index (κ1) is 15.8. The van der Waals surface area contributed by atoms with E-state index in [2.05, 4.69) is 60.3 Å². The number of benzene rings is 1. The molecule has 2 N–H and O–H groups in total. The number of anilines is 1. The molecule has 0 spiro atoms. The Morgan fingerprint density at radius 3 is 2.81 bits per heavy atom. The molecule has 26 heavy (non-hydrogen) atoms. The van der Waals surface area contributed by atoms with Gasteiger partial charge in [-0.05, 0) is 43.0 Å². The van der Waals surface area contributed by atoms with Crippen LogP contribution in [0.2, 0.25) is 0 Å². The molecular weight excluding hydrogens is 342 g/mol. The molecule has 132 valence electrons. The number of thiophene rings is 1. The first-order valence-corrected chi connectivity index (χ1v) is 9.80. The van der Waals surface area contributed by atoms with Crippen molar-refractivity contribution in [2.75, 3.05) is 5.32 Å². The Bertz CT molecular complexity index is 1090. The number of aromatic amines is 1. The van der Waals surface area contributed by atoms with Gasteiger partial charge >= 0.3 is 0 Å². The van der Waals surface area contributed by atoms with Crippen LogP contribution >= 0.6 is 11.3 Å². The number of allylic oxidation sites excluding steroid dienone is 2. The molecule has 0 fully saturated rings. The average Bonchev–Trinajstić information content (AvgIpc) is 3.20. The highest BCUT2D eigenvalue weighted by atomic mass is 32.1. The van der Waals surface area contributed by atoms with Gasteiger partial charge in [0.25, 0.3) is 0 Å². The Kier molecular flexibility index (Phi) is 3.23. The quantitative estimate of drug-likeness (QED) is 0.630. The second-order valence-corrected chi connectivity index (χ2v) is 9.48. The minimum Gasteiger partial charge on any atom is -0.358 e. The second kappa shape index (κ2) is 5.30. The van der Waals surface area contributed by atoms with Crippen molar-refractivity contribution in [2.24, 2.45) is 5.41 Å². The van der Waals surface area contributed by atoms with E-state index >= 15 is 0 Å². The number of Topliss-reactive ketones (excluding diaryl/α,β-unsaturated/α-hetero) is 1. The molecule has 5 rings (SSSR count). The smallest absolute Gasteiger partial charge is 0.162 e. The Balaban J connectivity index is 1.81.